The summed E-state index contributed by atoms with van der Waals surface area (Å²) in [6.45, 7) is 6.18. The molecule has 2 aromatic carbocycles. The standard InChI is InChI=1S/C21H22ClN3O4S2/c1-12-10-25(11-13(2)29-12)31(27,28)16-6-4-15(5-7-16)20(26)24-21-23-19-14(3)17(22)8-9-18(19)30-21/h4-9,12-13H,10-11H2,1-3H3,(H,23,24,26)/t12-,13-/m1/s1. The van der Waals surface area contributed by atoms with Gasteiger partial charge in [-0.2, -0.15) is 4.31 Å². The number of anilines is 1. The van der Waals surface area contributed by atoms with Gasteiger partial charge in [0.05, 0.1) is 27.3 Å². The molecule has 10 heteroatoms. The van der Waals surface area contributed by atoms with Crippen LogP contribution >= 0.6 is 22.9 Å². The van der Waals surface area contributed by atoms with Gasteiger partial charge in [0.15, 0.2) is 5.13 Å². The molecule has 0 saturated carbocycles. The fourth-order valence-corrected chi connectivity index (χ4v) is 6.24. The van der Waals surface area contributed by atoms with Crippen molar-refractivity contribution in [1.82, 2.24) is 9.29 Å². The zero-order valence-corrected chi connectivity index (χ0v) is 19.6. The monoisotopic (exact) mass is 479 g/mol. The van der Waals surface area contributed by atoms with Gasteiger partial charge < -0.3 is 4.74 Å². The number of fused-ring (bicyclic) bond motifs is 1. The number of hydrogen-bond donors (Lipinski definition) is 1. The first-order valence-corrected chi connectivity index (χ1v) is 12.4. The highest BCUT2D eigenvalue weighted by Gasteiger charge is 2.32. The van der Waals surface area contributed by atoms with E-state index in [0.717, 1.165) is 15.8 Å². The first-order valence-electron chi connectivity index (χ1n) is 9.78. The number of ether oxygens (including phenoxy) is 1. The Kier molecular flexibility index (Phi) is 6.06. The number of benzene rings is 2. The van der Waals surface area contributed by atoms with Crippen LogP contribution in [0.25, 0.3) is 10.2 Å². The number of halogens is 1. The number of rotatable bonds is 4. The van der Waals surface area contributed by atoms with Crippen molar-refractivity contribution in [2.24, 2.45) is 0 Å². The van der Waals surface area contributed by atoms with E-state index in [-0.39, 0.29) is 23.0 Å². The van der Waals surface area contributed by atoms with Crippen LogP contribution in [0.15, 0.2) is 41.3 Å². The van der Waals surface area contributed by atoms with Crippen LogP contribution in [0.2, 0.25) is 5.02 Å². The van der Waals surface area contributed by atoms with Gasteiger partial charge >= 0.3 is 0 Å². The molecule has 1 aliphatic heterocycles. The third-order valence-electron chi connectivity index (χ3n) is 5.11. The van der Waals surface area contributed by atoms with Gasteiger partial charge in [-0.05, 0) is 62.7 Å². The molecule has 1 aliphatic rings. The molecule has 1 amide bonds. The number of morpholine rings is 1. The molecule has 2 atom stereocenters. The summed E-state index contributed by atoms with van der Waals surface area (Å²) in [5, 5.41) is 3.86. The van der Waals surface area contributed by atoms with Crippen LogP contribution < -0.4 is 5.32 Å². The highest BCUT2D eigenvalue weighted by molar-refractivity contribution is 7.89. The average molecular weight is 480 g/mol. The number of nitrogens with one attached hydrogen (secondary N) is 1. The minimum Gasteiger partial charge on any atom is -0.373 e. The second-order valence-electron chi connectivity index (χ2n) is 7.60. The summed E-state index contributed by atoms with van der Waals surface area (Å²) in [5.74, 6) is -0.361. The lowest BCUT2D eigenvalue weighted by molar-refractivity contribution is -0.0440. The van der Waals surface area contributed by atoms with Gasteiger partial charge in [0, 0.05) is 23.7 Å². The van der Waals surface area contributed by atoms with E-state index in [2.05, 4.69) is 10.3 Å². The summed E-state index contributed by atoms with van der Waals surface area (Å²) < 4.78 is 33.9. The van der Waals surface area contributed by atoms with E-state index < -0.39 is 10.0 Å². The second-order valence-corrected chi connectivity index (χ2v) is 11.0. The van der Waals surface area contributed by atoms with Crippen LogP contribution in [-0.2, 0) is 14.8 Å². The first kappa shape index (κ1) is 22.2. The summed E-state index contributed by atoms with van der Waals surface area (Å²) in [6, 6.07) is 9.59. The minimum absolute atomic E-state index is 0.149. The summed E-state index contributed by atoms with van der Waals surface area (Å²) >= 11 is 7.49. The predicted octanol–water partition coefficient (Wildman–Crippen LogP) is 4.31. The molecule has 31 heavy (non-hydrogen) atoms. The molecule has 1 fully saturated rings. The van der Waals surface area contributed by atoms with E-state index in [1.165, 1.54) is 39.9 Å². The zero-order chi connectivity index (χ0) is 22.3. The lowest BCUT2D eigenvalue weighted by Gasteiger charge is -2.34. The van der Waals surface area contributed by atoms with Crippen LogP contribution in [-0.4, -0.2) is 48.9 Å². The molecule has 0 aliphatic carbocycles. The number of sulfonamides is 1. The Labute approximate surface area is 190 Å². The van der Waals surface area contributed by atoms with Crippen molar-refractivity contribution in [2.45, 2.75) is 37.9 Å². The Morgan fingerprint density at radius 1 is 1.16 bits per heavy atom. The Morgan fingerprint density at radius 2 is 1.81 bits per heavy atom. The molecule has 164 valence electrons. The summed E-state index contributed by atoms with van der Waals surface area (Å²) in [5.41, 5.74) is 1.96. The van der Waals surface area contributed by atoms with E-state index in [1.54, 1.807) is 6.07 Å². The van der Waals surface area contributed by atoms with E-state index in [4.69, 9.17) is 16.3 Å². The van der Waals surface area contributed by atoms with E-state index in [1.807, 2.05) is 26.8 Å². The molecule has 0 spiro atoms. The van der Waals surface area contributed by atoms with Crippen LogP contribution in [0.5, 0.6) is 0 Å². The smallest absolute Gasteiger partial charge is 0.257 e. The van der Waals surface area contributed by atoms with E-state index in [9.17, 15) is 13.2 Å². The third kappa shape index (κ3) is 4.47. The van der Waals surface area contributed by atoms with Crippen molar-refractivity contribution in [2.75, 3.05) is 18.4 Å². The minimum atomic E-state index is -3.66. The van der Waals surface area contributed by atoms with E-state index >= 15 is 0 Å². The number of amides is 1. The van der Waals surface area contributed by atoms with Gasteiger partial charge in [-0.15, -0.1) is 0 Å². The molecular weight excluding hydrogens is 458 g/mol. The van der Waals surface area contributed by atoms with Crippen LogP contribution in [0.1, 0.15) is 29.8 Å². The summed E-state index contributed by atoms with van der Waals surface area (Å²) in [6.07, 6.45) is -0.341. The molecule has 0 bridgehead atoms. The fraction of sp³-hybridized carbons (Fsp3) is 0.333. The number of thiazole rings is 1. The maximum absolute atomic E-state index is 13.0. The van der Waals surface area contributed by atoms with Gasteiger partial charge in [-0.1, -0.05) is 22.9 Å². The Balaban J connectivity index is 1.51. The molecule has 2 heterocycles. The summed E-state index contributed by atoms with van der Waals surface area (Å²) in [7, 11) is -3.66. The molecule has 0 radical (unpaired) electrons. The Hall–Kier alpha value is -2.04. The Morgan fingerprint density at radius 3 is 2.45 bits per heavy atom. The number of carbonyl (C=O) groups is 1. The number of aromatic nitrogens is 1. The maximum Gasteiger partial charge on any atom is 0.257 e. The Bertz CT molecular complexity index is 1230. The van der Waals surface area contributed by atoms with Crippen LogP contribution in [0.4, 0.5) is 5.13 Å². The molecule has 1 N–H and O–H groups in total. The fourth-order valence-electron chi connectivity index (χ4n) is 3.58. The molecular formula is C21H22ClN3O4S2. The topological polar surface area (TPSA) is 88.6 Å². The van der Waals surface area contributed by atoms with Gasteiger partial charge in [0.2, 0.25) is 10.0 Å². The largest absolute Gasteiger partial charge is 0.373 e. The lowest BCUT2D eigenvalue weighted by Crippen LogP contribution is -2.48. The van der Waals surface area contributed by atoms with Gasteiger partial charge in [-0.25, -0.2) is 13.4 Å². The zero-order valence-electron chi connectivity index (χ0n) is 17.3. The first-order chi connectivity index (χ1) is 14.6. The van der Waals surface area contributed by atoms with Crippen molar-refractivity contribution >= 4 is 54.2 Å². The SMILES string of the molecule is Cc1c(Cl)ccc2sc(NC(=O)c3ccc(S(=O)(=O)N4C[C@@H](C)O[C@H](C)C4)cc3)nc12. The van der Waals surface area contributed by atoms with Crippen molar-refractivity contribution in [1.29, 1.82) is 0 Å². The van der Waals surface area contributed by atoms with Gasteiger partial charge in [0.25, 0.3) is 5.91 Å². The highest BCUT2D eigenvalue weighted by Crippen LogP contribution is 2.32. The van der Waals surface area contributed by atoms with Crippen LogP contribution in [0, 0.1) is 6.92 Å². The number of aryl methyl sites for hydroxylation is 1. The van der Waals surface area contributed by atoms with Gasteiger partial charge in [0.1, 0.15) is 0 Å². The molecule has 3 aromatic rings. The highest BCUT2D eigenvalue weighted by atomic mass is 35.5. The quantitative estimate of drug-likeness (QED) is 0.602. The normalized spacial score (nSPS) is 20.1. The van der Waals surface area contributed by atoms with Crippen molar-refractivity contribution < 1.29 is 17.9 Å². The van der Waals surface area contributed by atoms with Crippen molar-refractivity contribution in [3.63, 3.8) is 0 Å². The van der Waals surface area contributed by atoms with E-state index in [0.29, 0.717) is 28.8 Å². The number of nitrogens with zero attached hydrogens (tertiary/aromatic N) is 2. The summed E-state index contributed by atoms with van der Waals surface area (Å²) in [4.78, 5) is 17.3. The molecule has 1 aromatic heterocycles. The van der Waals surface area contributed by atoms with Crippen molar-refractivity contribution in [3.8, 4) is 0 Å². The maximum atomic E-state index is 13.0. The van der Waals surface area contributed by atoms with Gasteiger partial charge in [-0.3, -0.25) is 10.1 Å². The molecule has 4 rings (SSSR count). The van der Waals surface area contributed by atoms with Crippen molar-refractivity contribution in [3.05, 3.63) is 52.5 Å². The molecule has 0 unspecified atom stereocenters. The van der Waals surface area contributed by atoms with Crippen LogP contribution in [0.3, 0.4) is 0 Å². The molecule has 1 saturated heterocycles. The lowest BCUT2D eigenvalue weighted by atomic mass is 10.2. The molecule has 7 nitrogen and oxygen atoms in total. The number of carbonyl (C=O) groups excluding carboxylic acids is 1. The second kappa shape index (κ2) is 8.48. The predicted molar refractivity (Wildman–Crippen MR) is 123 cm³/mol. The third-order valence-corrected chi connectivity index (χ3v) is 8.30. The number of hydrogen-bond acceptors (Lipinski definition) is 6. The average Bonchev–Trinajstić information content (AvgIpc) is 3.13.